The summed E-state index contributed by atoms with van der Waals surface area (Å²) in [5, 5.41) is 14.4. The SMILES string of the molecule is Cc1ccsc1CNC(=O)c1cc(O)ccc1Cl. The zero-order chi connectivity index (χ0) is 13.1. The minimum absolute atomic E-state index is 0.0249. The maximum absolute atomic E-state index is 11.9. The number of amides is 1. The number of carbonyl (C=O) groups excluding carboxylic acids is 1. The van der Waals surface area contributed by atoms with Gasteiger partial charge in [0.05, 0.1) is 17.1 Å². The van der Waals surface area contributed by atoms with E-state index in [2.05, 4.69) is 5.32 Å². The van der Waals surface area contributed by atoms with Crippen molar-refractivity contribution in [3.63, 3.8) is 0 Å². The average molecular weight is 282 g/mol. The number of thiophene rings is 1. The van der Waals surface area contributed by atoms with Crippen LogP contribution in [0.15, 0.2) is 29.6 Å². The maximum atomic E-state index is 11.9. The molecule has 1 heterocycles. The second-order valence-electron chi connectivity index (χ2n) is 3.87. The number of phenolic OH excluding ortho intramolecular Hbond substituents is 1. The van der Waals surface area contributed by atoms with Crippen molar-refractivity contribution in [3.05, 3.63) is 50.7 Å². The van der Waals surface area contributed by atoms with E-state index in [1.807, 2.05) is 18.4 Å². The summed E-state index contributed by atoms with van der Waals surface area (Å²) in [6.07, 6.45) is 0. The quantitative estimate of drug-likeness (QED) is 0.906. The second kappa shape index (κ2) is 5.42. The third kappa shape index (κ3) is 2.83. The lowest BCUT2D eigenvalue weighted by Crippen LogP contribution is -2.22. The van der Waals surface area contributed by atoms with Crippen LogP contribution in [0, 0.1) is 6.92 Å². The maximum Gasteiger partial charge on any atom is 0.253 e. The van der Waals surface area contributed by atoms with Crippen molar-refractivity contribution in [3.8, 4) is 5.75 Å². The standard InChI is InChI=1S/C13H12ClNO2S/c1-8-4-5-18-12(8)7-15-13(17)10-6-9(16)2-3-11(10)14/h2-6,16H,7H2,1H3,(H,15,17). The Labute approximate surface area is 114 Å². The first-order valence-corrected chi connectivity index (χ1v) is 6.63. The van der Waals surface area contributed by atoms with Gasteiger partial charge < -0.3 is 10.4 Å². The molecule has 1 amide bonds. The second-order valence-corrected chi connectivity index (χ2v) is 5.28. The third-order valence-corrected chi connectivity index (χ3v) is 3.92. The molecule has 0 aliphatic carbocycles. The topological polar surface area (TPSA) is 49.3 Å². The number of carbonyl (C=O) groups is 1. The molecule has 0 aliphatic rings. The van der Waals surface area contributed by atoms with Gasteiger partial charge in [-0.3, -0.25) is 4.79 Å². The lowest BCUT2D eigenvalue weighted by molar-refractivity contribution is 0.0951. The molecular weight excluding hydrogens is 270 g/mol. The van der Waals surface area contributed by atoms with E-state index in [0.717, 1.165) is 10.4 Å². The molecule has 0 saturated carbocycles. The van der Waals surface area contributed by atoms with E-state index in [1.165, 1.54) is 18.2 Å². The van der Waals surface area contributed by atoms with Crippen LogP contribution in [0.25, 0.3) is 0 Å². The minimum atomic E-state index is -0.288. The molecule has 3 nitrogen and oxygen atoms in total. The summed E-state index contributed by atoms with van der Waals surface area (Å²) < 4.78 is 0. The molecule has 2 N–H and O–H groups in total. The van der Waals surface area contributed by atoms with E-state index in [1.54, 1.807) is 11.3 Å². The van der Waals surface area contributed by atoms with Crippen molar-refractivity contribution in [1.82, 2.24) is 5.32 Å². The van der Waals surface area contributed by atoms with E-state index in [0.29, 0.717) is 11.6 Å². The summed E-state index contributed by atoms with van der Waals surface area (Å²) >= 11 is 7.51. The molecular formula is C13H12ClNO2S. The first kappa shape index (κ1) is 12.9. The number of hydrogen-bond acceptors (Lipinski definition) is 3. The zero-order valence-corrected chi connectivity index (χ0v) is 11.3. The van der Waals surface area contributed by atoms with Gasteiger partial charge in [0, 0.05) is 4.88 Å². The van der Waals surface area contributed by atoms with E-state index in [9.17, 15) is 9.90 Å². The lowest BCUT2D eigenvalue weighted by Gasteiger charge is -2.06. The van der Waals surface area contributed by atoms with Gasteiger partial charge in [-0.05, 0) is 42.1 Å². The Kier molecular flexibility index (Phi) is 3.89. The average Bonchev–Trinajstić information content (AvgIpc) is 2.75. The third-order valence-electron chi connectivity index (χ3n) is 2.57. The monoisotopic (exact) mass is 281 g/mol. The van der Waals surface area contributed by atoms with Crippen molar-refractivity contribution in [2.45, 2.75) is 13.5 Å². The van der Waals surface area contributed by atoms with Crippen LogP contribution in [0.5, 0.6) is 5.75 Å². The highest BCUT2D eigenvalue weighted by Crippen LogP contribution is 2.21. The fraction of sp³-hybridized carbons (Fsp3) is 0.154. The number of aryl methyl sites for hydroxylation is 1. The number of nitrogens with one attached hydrogen (secondary N) is 1. The first-order valence-electron chi connectivity index (χ1n) is 5.37. The number of rotatable bonds is 3. The summed E-state index contributed by atoms with van der Waals surface area (Å²) in [5.74, 6) is -0.263. The number of benzene rings is 1. The van der Waals surface area contributed by atoms with Gasteiger partial charge >= 0.3 is 0 Å². The molecule has 1 aromatic carbocycles. The Morgan fingerprint density at radius 2 is 2.22 bits per heavy atom. The van der Waals surface area contributed by atoms with Gasteiger partial charge in [-0.25, -0.2) is 0 Å². The predicted molar refractivity (Wildman–Crippen MR) is 73.3 cm³/mol. The summed E-state index contributed by atoms with van der Waals surface area (Å²) in [4.78, 5) is 13.0. The van der Waals surface area contributed by atoms with Crippen molar-refractivity contribution in [1.29, 1.82) is 0 Å². The van der Waals surface area contributed by atoms with E-state index in [-0.39, 0.29) is 17.2 Å². The van der Waals surface area contributed by atoms with Crippen LogP contribution >= 0.6 is 22.9 Å². The summed E-state index contributed by atoms with van der Waals surface area (Å²) in [6, 6.07) is 6.32. The van der Waals surface area contributed by atoms with Crippen LogP contribution in [0.2, 0.25) is 5.02 Å². The molecule has 0 bridgehead atoms. The molecule has 2 aromatic rings. The molecule has 18 heavy (non-hydrogen) atoms. The van der Waals surface area contributed by atoms with Crippen LogP contribution in [-0.4, -0.2) is 11.0 Å². The van der Waals surface area contributed by atoms with Crippen molar-refractivity contribution < 1.29 is 9.90 Å². The van der Waals surface area contributed by atoms with Gasteiger partial charge in [-0.1, -0.05) is 11.6 Å². The van der Waals surface area contributed by atoms with Crippen LogP contribution in [0.3, 0.4) is 0 Å². The highest BCUT2D eigenvalue weighted by Gasteiger charge is 2.11. The normalized spacial score (nSPS) is 10.3. The van der Waals surface area contributed by atoms with Crippen molar-refractivity contribution in [2.24, 2.45) is 0 Å². The molecule has 0 fully saturated rings. The molecule has 0 aliphatic heterocycles. The zero-order valence-electron chi connectivity index (χ0n) is 9.74. The van der Waals surface area contributed by atoms with Gasteiger partial charge in [-0.15, -0.1) is 11.3 Å². The highest BCUT2D eigenvalue weighted by atomic mass is 35.5. The Bertz CT molecular complexity index is 580. The van der Waals surface area contributed by atoms with Crippen LogP contribution < -0.4 is 5.32 Å². The fourth-order valence-electron chi connectivity index (χ4n) is 1.53. The molecule has 94 valence electrons. The van der Waals surface area contributed by atoms with E-state index < -0.39 is 0 Å². The Hall–Kier alpha value is -1.52. The number of hydrogen-bond donors (Lipinski definition) is 2. The van der Waals surface area contributed by atoms with Gasteiger partial charge in [0.15, 0.2) is 0 Å². The summed E-state index contributed by atoms with van der Waals surface area (Å²) in [5.41, 5.74) is 1.44. The lowest BCUT2D eigenvalue weighted by atomic mass is 10.2. The molecule has 0 atom stereocenters. The number of aromatic hydroxyl groups is 1. The number of halogens is 1. The molecule has 0 radical (unpaired) electrons. The summed E-state index contributed by atoms with van der Waals surface area (Å²) in [6.45, 7) is 2.47. The number of phenols is 1. The van der Waals surface area contributed by atoms with Crippen molar-refractivity contribution in [2.75, 3.05) is 0 Å². The predicted octanol–water partition coefficient (Wildman–Crippen LogP) is 3.35. The van der Waals surface area contributed by atoms with Crippen LogP contribution in [0.1, 0.15) is 20.8 Å². The molecule has 2 rings (SSSR count). The molecule has 0 saturated heterocycles. The highest BCUT2D eigenvalue weighted by molar-refractivity contribution is 7.10. The molecule has 5 heteroatoms. The van der Waals surface area contributed by atoms with Gasteiger partial charge in [-0.2, -0.15) is 0 Å². The molecule has 1 aromatic heterocycles. The minimum Gasteiger partial charge on any atom is -0.508 e. The Morgan fingerprint density at radius 1 is 1.44 bits per heavy atom. The smallest absolute Gasteiger partial charge is 0.253 e. The largest absolute Gasteiger partial charge is 0.508 e. The van der Waals surface area contributed by atoms with Gasteiger partial charge in [0.25, 0.3) is 5.91 Å². The Balaban J connectivity index is 2.08. The van der Waals surface area contributed by atoms with Crippen LogP contribution in [0.4, 0.5) is 0 Å². The Morgan fingerprint density at radius 3 is 2.89 bits per heavy atom. The van der Waals surface area contributed by atoms with Gasteiger partial charge in [0.2, 0.25) is 0 Å². The molecule has 0 spiro atoms. The van der Waals surface area contributed by atoms with Gasteiger partial charge in [0.1, 0.15) is 5.75 Å². The van der Waals surface area contributed by atoms with E-state index >= 15 is 0 Å². The van der Waals surface area contributed by atoms with Crippen LogP contribution in [-0.2, 0) is 6.54 Å². The summed E-state index contributed by atoms with van der Waals surface area (Å²) in [7, 11) is 0. The van der Waals surface area contributed by atoms with E-state index in [4.69, 9.17) is 11.6 Å². The van der Waals surface area contributed by atoms with Crippen molar-refractivity contribution >= 4 is 28.8 Å². The molecule has 0 unspecified atom stereocenters. The fourth-order valence-corrected chi connectivity index (χ4v) is 2.58. The first-order chi connectivity index (χ1) is 8.58.